The molecule has 3 nitrogen and oxygen atoms in total. The van der Waals surface area contributed by atoms with Crippen molar-refractivity contribution in [2.24, 2.45) is 0 Å². The fourth-order valence-corrected chi connectivity index (χ4v) is 3.51. The lowest BCUT2D eigenvalue weighted by atomic mass is 10.1. The van der Waals surface area contributed by atoms with Gasteiger partial charge in [0.1, 0.15) is 0 Å². The van der Waals surface area contributed by atoms with Crippen molar-refractivity contribution in [1.82, 2.24) is 4.31 Å². The van der Waals surface area contributed by atoms with Gasteiger partial charge < -0.3 is 0 Å². The van der Waals surface area contributed by atoms with Gasteiger partial charge >= 0.3 is 0 Å². The highest BCUT2D eigenvalue weighted by Crippen LogP contribution is 2.21. The maximum atomic E-state index is 12.2. The van der Waals surface area contributed by atoms with Crippen molar-refractivity contribution in [3.63, 3.8) is 0 Å². The lowest BCUT2D eigenvalue weighted by Gasteiger charge is -2.33. The van der Waals surface area contributed by atoms with Crippen LogP contribution in [0, 0.1) is 0 Å². The first-order valence-corrected chi connectivity index (χ1v) is 8.09. The zero-order valence-electron chi connectivity index (χ0n) is 10.4. The molecule has 1 aromatic rings. The van der Waals surface area contributed by atoms with Crippen LogP contribution in [-0.2, 0) is 15.8 Å². The van der Waals surface area contributed by atoms with E-state index in [1.165, 1.54) is 4.31 Å². The average molecular weight is 320 g/mol. The zero-order chi connectivity index (χ0) is 13.1. The van der Waals surface area contributed by atoms with E-state index < -0.39 is 15.6 Å². The van der Waals surface area contributed by atoms with Gasteiger partial charge in [0.2, 0.25) is 10.0 Å². The molecule has 1 aromatic carbocycles. The average Bonchev–Trinajstić information content (AvgIpc) is 2.28. The number of hydrogen-bond donors (Lipinski definition) is 0. The molecule has 17 heavy (non-hydrogen) atoms. The Morgan fingerprint density at radius 1 is 1.24 bits per heavy atom. The van der Waals surface area contributed by atoms with Gasteiger partial charge in [-0.05, 0) is 19.4 Å². The number of alkyl halides is 1. The van der Waals surface area contributed by atoms with Crippen LogP contribution in [0.1, 0.15) is 19.4 Å². The predicted octanol–water partition coefficient (Wildman–Crippen LogP) is 2.62. The van der Waals surface area contributed by atoms with E-state index in [1.807, 2.05) is 44.2 Å². The minimum atomic E-state index is -3.28. The molecular formula is C12H18BrNO2S. The molecule has 0 aromatic heterocycles. The number of sulfonamides is 1. The third kappa shape index (κ3) is 3.79. The van der Waals surface area contributed by atoms with E-state index in [9.17, 15) is 8.42 Å². The Balaban J connectivity index is 2.90. The fraction of sp³-hybridized carbons (Fsp3) is 0.500. The summed E-state index contributed by atoms with van der Waals surface area (Å²) in [5, 5.41) is 0.602. The van der Waals surface area contributed by atoms with E-state index in [2.05, 4.69) is 15.9 Å². The van der Waals surface area contributed by atoms with Crippen LogP contribution in [-0.4, -0.2) is 30.6 Å². The second-order valence-corrected chi connectivity index (χ2v) is 7.22. The fourth-order valence-electron chi connectivity index (χ4n) is 1.34. The highest BCUT2D eigenvalue weighted by atomic mass is 79.9. The summed E-state index contributed by atoms with van der Waals surface area (Å²) in [4.78, 5) is 0. The molecule has 0 saturated heterocycles. The second kappa shape index (κ2) is 5.50. The quantitative estimate of drug-likeness (QED) is 0.782. The van der Waals surface area contributed by atoms with Crippen LogP contribution in [0.4, 0.5) is 0 Å². The van der Waals surface area contributed by atoms with Gasteiger partial charge in [-0.2, -0.15) is 4.31 Å². The molecule has 0 radical (unpaired) electrons. The van der Waals surface area contributed by atoms with Crippen LogP contribution in [0.2, 0.25) is 0 Å². The Labute approximate surface area is 112 Å². The number of benzene rings is 1. The molecule has 0 atom stereocenters. The molecule has 1 rings (SSSR count). The van der Waals surface area contributed by atoms with E-state index >= 15 is 0 Å². The van der Waals surface area contributed by atoms with Gasteiger partial charge in [0.05, 0.1) is 5.75 Å². The molecule has 0 aliphatic heterocycles. The van der Waals surface area contributed by atoms with Gasteiger partial charge in [0, 0.05) is 17.9 Å². The van der Waals surface area contributed by atoms with Crippen molar-refractivity contribution >= 4 is 26.0 Å². The van der Waals surface area contributed by atoms with Crippen molar-refractivity contribution in [2.75, 3.05) is 12.4 Å². The van der Waals surface area contributed by atoms with Crippen LogP contribution >= 0.6 is 15.9 Å². The molecule has 0 bridgehead atoms. The Hall–Kier alpha value is -0.390. The summed E-state index contributed by atoms with van der Waals surface area (Å²) in [5.41, 5.74) is 0.387. The second-order valence-electron chi connectivity index (χ2n) is 4.66. The van der Waals surface area contributed by atoms with E-state index in [1.54, 1.807) is 7.05 Å². The van der Waals surface area contributed by atoms with E-state index in [0.717, 1.165) is 5.56 Å². The summed E-state index contributed by atoms with van der Waals surface area (Å²) in [6.07, 6.45) is 0. The third-order valence-electron chi connectivity index (χ3n) is 2.79. The standard InChI is InChI=1S/C12H18BrNO2S/c1-12(2,10-13)14(3)17(15,16)9-11-7-5-4-6-8-11/h4-8H,9-10H2,1-3H3. The van der Waals surface area contributed by atoms with Crippen LogP contribution in [0.25, 0.3) is 0 Å². The molecule has 5 heteroatoms. The lowest BCUT2D eigenvalue weighted by molar-refractivity contribution is 0.299. The van der Waals surface area contributed by atoms with Crippen molar-refractivity contribution in [1.29, 1.82) is 0 Å². The predicted molar refractivity (Wildman–Crippen MR) is 74.7 cm³/mol. The van der Waals surface area contributed by atoms with Crippen LogP contribution in [0.15, 0.2) is 30.3 Å². The lowest BCUT2D eigenvalue weighted by Crippen LogP contribution is -2.46. The molecule has 96 valence electrons. The first-order valence-electron chi connectivity index (χ1n) is 5.36. The maximum absolute atomic E-state index is 12.2. The first kappa shape index (κ1) is 14.7. The number of nitrogens with zero attached hydrogens (tertiary/aromatic N) is 1. The Kier molecular flexibility index (Phi) is 4.75. The van der Waals surface area contributed by atoms with Gasteiger partial charge in [-0.1, -0.05) is 46.3 Å². The molecule has 0 aliphatic carbocycles. The topological polar surface area (TPSA) is 37.4 Å². The van der Waals surface area contributed by atoms with Gasteiger partial charge in [0.25, 0.3) is 0 Å². The van der Waals surface area contributed by atoms with Crippen molar-refractivity contribution in [3.8, 4) is 0 Å². The molecule has 0 amide bonds. The maximum Gasteiger partial charge on any atom is 0.218 e. The SMILES string of the molecule is CN(C(C)(C)CBr)S(=O)(=O)Cc1ccccc1. The molecule has 0 N–H and O–H groups in total. The molecule has 0 fully saturated rings. The number of halogens is 1. The van der Waals surface area contributed by atoms with Crippen molar-refractivity contribution in [3.05, 3.63) is 35.9 Å². The van der Waals surface area contributed by atoms with Gasteiger partial charge in [-0.15, -0.1) is 0 Å². The summed E-state index contributed by atoms with van der Waals surface area (Å²) >= 11 is 3.34. The summed E-state index contributed by atoms with van der Waals surface area (Å²) < 4.78 is 25.9. The van der Waals surface area contributed by atoms with Crippen LogP contribution in [0.3, 0.4) is 0 Å². The van der Waals surface area contributed by atoms with Crippen molar-refractivity contribution < 1.29 is 8.42 Å². The van der Waals surface area contributed by atoms with Crippen molar-refractivity contribution in [2.45, 2.75) is 25.1 Å². The highest BCUT2D eigenvalue weighted by molar-refractivity contribution is 9.09. The van der Waals surface area contributed by atoms with Crippen LogP contribution < -0.4 is 0 Å². The normalized spacial score (nSPS) is 13.0. The summed E-state index contributed by atoms with van der Waals surface area (Å²) in [6.45, 7) is 3.79. The number of rotatable bonds is 5. The minimum Gasteiger partial charge on any atom is -0.212 e. The first-order chi connectivity index (χ1) is 7.79. The van der Waals surface area contributed by atoms with E-state index in [0.29, 0.717) is 5.33 Å². The molecule has 0 saturated carbocycles. The molecule has 0 heterocycles. The zero-order valence-corrected chi connectivity index (χ0v) is 12.8. The molecule has 0 spiro atoms. The van der Waals surface area contributed by atoms with E-state index in [-0.39, 0.29) is 5.75 Å². The Bertz CT molecular complexity index is 457. The van der Waals surface area contributed by atoms with Gasteiger partial charge in [-0.3, -0.25) is 0 Å². The monoisotopic (exact) mass is 319 g/mol. The van der Waals surface area contributed by atoms with Gasteiger partial charge in [0.15, 0.2) is 0 Å². The Morgan fingerprint density at radius 2 is 1.76 bits per heavy atom. The summed E-state index contributed by atoms with van der Waals surface area (Å²) in [7, 11) is -1.66. The largest absolute Gasteiger partial charge is 0.218 e. The number of hydrogen-bond acceptors (Lipinski definition) is 2. The summed E-state index contributed by atoms with van der Waals surface area (Å²) in [5.74, 6) is 0.0424. The molecule has 0 unspecified atom stereocenters. The molecule has 0 aliphatic rings. The highest BCUT2D eigenvalue weighted by Gasteiger charge is 2.31. The summed E-state index contributed by atoms with van der Waals surface area (Å²) in [6, 6.07) is 9.22. The Morgan fingerprint density at radius 3 is 2.24 bits per heavy atom. The van der Waals surface area contributed by atoms with Crippen LogP contribution in [0.5, 0.6) is 0 Å². The van der Waals surface area contributed by atoms with Gasteiger partial charge in [-0.25, -0.2) is 8.42 Å². The molecular weight excluding hydrogens is 302 g/mol. The smallest absolute Gasteiger partial charge is 0.212 e. The minimum absolute atomic E-state index is 0.0424. The third-order valence-corrected chi connectivity index (χ3v) is 6.19. The van der Waals surface area contributed by atoms with E-state index in [4.69, 9.17) is 0 Å².